The zero-order chi connectivity index (χ0) is 13.9. The predicted octanol–water partition coefficient (Wildman–Crippen LogP) is 2.26. The summed E-state index contributed by atoms with van der Waals surface area (Å²) in [5.41, 5.74) is 0.930. The van der Waals surface area contributed by atoms with Gasteiger partial charge < -0.3 is 4.90 Å². The Morgan fingerprint density at radius 3 is 2.58 bits per heavy atom. The van der Waals surface area contributed by atoms with Gasteiger partial charge in [-0.15, -0.1) is 0 Å². The Bertz CT molecular complexity index is 467. The summed E-state index contributed by atoms with van der Waals surface area (Å²) in [6.45, 7) is 10.8. The Kier molecular flexibility index (Phi) is 4.06. The first-order valence-electron chi connectivity index (χ1n) is 6.93. The van der Waals surface area contributed by atoms with Crippen molar-refractivity contribution in [3.63, 3.8) is 0 Å². The topological polar surface area (TPSA) is 43.2 Å². The fraction of sp³-hybridized carbons (Fsp3) is 0.600. The zero-order valence-corrected chi connectivity index (χ0v) is 12.1. The molecule has 2 rings (SSSR count). The van der Waals surface area contributed by atoms with Crippen molar-refractivity contribution in [2.45, 2.75) is 32.7 Å². The molecular weight excluding hydrogens is 236 g/mol. The molecule has 0 saturated carbocycles. The number of aromatic nitrogens is 1. The molecule has 4 nitrogen and oxygen atoms in total. The highest BCUT2D eigenvalue weighted by Gasteiger charge is 2.29. The SMILES string of the molecule is CCC(C)(C)N1CCN(c2ncccc2C#N)CC1. The highest BCUT2D eigenvalue weighted by Crippen LogP contribution is 2.23. The number of hydrogen-bond acceptors (Lipinski definition) is 4. The van der Waals surface area contributed by atoms with Gasteiger partial charge in [0, 0.05) is 37.9 Å². The third-order valence-corrected chi connectivity index (χ3v) is 4.21. The Morgan fingerprint density at radius 1 is 1.32 bits per heavy atom. The summed E-state index contributed by atoms with van der Waals surface area (Å²) in [4.78, 5) is 9.11. The van der Waals surface area contributed by atoms with Gasteiger partial charge in [-0.1, -0.05) is 6.92 Å². The van der Waals surface area contributed by atoms with Crippen LogP contribution in [0.15, 0.2) is 18.3 Å². The van der Waals surface area contributed by atoms with Gasteiger partial charge in [-0.2, -0.15) is 5.26 Å². The van der Waals surface area contributed by atoms with E-state index in [9.17, 15) is 0 Å². The maximum atomic E-state index is 9.14. The van der Waals surface area contributed by atoms with Crippen molar-refractivity contribution in [2.24, 2.45) is 0 Å². The van der Waals surface area contributed by atoms with Gasteiger partial charge in [0.05, 0.1) is 5.56 Å². The molecule has 0 N–H and O–H groups in total. The third kappa shape index (κ3) is 2.87. The molecule has 1 saturated heterocycles. The first-order chi connectivity index (χ1) is 9.08. The maximum Gasteiger partial charge on any atom is 0.146 e. The van der Waals surface area contributed by atoms with Crippen LogP contribution in [0.3, 0.4) is 0 Å². The van der Waals surface area contributed by atoms with Crippen LogP contribution < -0.4 is 4.90 Å². The molecule has 0 amide bonds. The van der Waals surface area contributed by atoms with Crippen molar-refractivity contribution >= 4 is 5.82 Å². The van der Waals surface area contributed by atoms with E-state index in [4.69, 9.17) is 5.26 Å². The van der Waals surface area contributed by atoms with Crippen LogP contribution in [0, 0.1) is 11.3 Å². The number of hydrogen-bond donors (Lipinski definition) is 0. The highest BCUT2D eigenvalue weighted by molar-refractivity contribution is 5.53. The van der Waals surface area contributed by atoms with Crippen LogP contribution in [0.1, 0.15) is 32.8 Å². The molecule has 0 bridgehead atoms. The molecule has 0 atom stereocenters. The van der Waals surface area contributed by atoms with Crippen molar-refractivity contribution in [2.75, 3.05) is 31.1 Å². The van der Waals surface area contributed by atoms with E-state index in [2.05, 4.69) is 41.6 Å². The number of nitrogens with zero attached hydrogens (tertiary/aromatic N) is 4. The summed E-state index contributed by atoms with van der Waals surface area (Å²) in [7, 11) is 0. The number of pyridine rings is 1. The second-order valence-electron chi connectivity index (χ2n) is 5.63. The van der Waals surface area contributed by atoms with Crippen LogP contribution in [0.5, 0.6) is 0 Å². The lowest BCUT2D eigenvalue weighted by Gasteiger charge is -2.44. The average Bonchev–Trinajstić information content (AvgIpc) is 2.47. The molecule has 0 aliphatic carbocycles. The molecule has 1 aromatic heterocycles. The average molecular weight is 258 g/mol. The van der Waals surface area contributed by atoms with E-state index in [1.807, 2.05) is 12.1 Å². The Hall–Kier alpha value is -1.60. The number of rotatable bonds is 3. The molecule has 0 aromatic carbocycles. The summed E-state index contributed by atoms with van der Waals surface area (Å²) in [5.74, 6) is 0.832. The van der Waals surface area contributed by atoms with Crippen LogP contribution in [0.25, 0.3) is 0 Å². The number of piperazine rings is 1. The van der Waals surface area contributed by atoms with Crippen LogP contribution >= 0.6 is 0 Å². The van der Waals surface area contributed by atoms with Crippen LogP contribution in [0.2, 0.25) is 0 Å². The minimum atomic E-state index is 0.258. The van der Waals surface area contributed by atoms with Crippen LogP contribution in [-0.2, 0) is 0 Å². The molecule has 1 aromatic rings. The van der Waals surface area contributed by atoms with Crippen molar-refractivity contribution in [1.82, 2.24) is 9.88 Å². The van der Waals surface area contributed by atoms with Crippen molar-refractivity contribution < 1.29 is 0 Å². The Balaban J connectivity index is 2.07. The number of anilines is 1. The van der Waals surface area contributed by atoms with E-state index in [0.717, 1.165) is 38.4 Å². The van der Waals surface area contributed by atoms with Gasteiger partial charge in [0.1, 0.15) is 11.9 Å². The van der Waals surface area contributed by atoms with Gasteiger partial charge in [-0.05, 0) is 32.4 Å². The lowest BCUT2D eigenvalue weighted by Crippen LogP contribution is -2.54. The summed E-state index contributed by atoms with van der Waals surface area (Å²) in [6, 6.07) is 5.88. The largest absolute Gasteiger partial charge is 0.353 e. The molecular formula is C15H22N4. The van der Waals surface area contributed by atoms with Crippen LogP contribution in [-0.4, -0.2) is 41.6 Å². The molecule has 0 unspecified atom stereocenters. The van der Waals surface area contributed by atoms with Crippen molar-refractivity contribution in [3.05, 3.63) is 23.9 Å². The predicted molar refractivity (Wildman–Crippen MR) is 77.1 cm³/mol. The van der Waals surface area contributed by atoms with Crippen molar-refractivity contribution in [1.29, 1.82) is 5.26 Å². The lowest BCUT2D eigenvalue weighted by molar-refractivity contribution is 0.108. The smallest absolute Gasteiger partial charge is 0.146 e. The van der Waals surface area contributed by atoms with E-state index in [1.165, 1.54) is 0 Å². The third-order valence-electron chi connectivity index (χ3n) is 4.21. The molecule has 0 spiro atoms. The van der Waals surface area contributed by atoms with Gasteiger partial charge in [-0.3, -0.25) is 4.90 Å². The molecule has 102 valence electrons. The van der Waals surface area contributed by atoms with E-state index in [1.54, 1.807) is 6.20 Å². The monoisotopic (exact) mass is 258 g/mol. The Labute approximate surface area is 115 Å². The fourth-order valence-electron chi connectivity index (χ4n) is 2.48. The fourth-order valence-corrected chi connectivity index (χ4v) is 2.48. The summed E-state index contributed by atoms with van der Waals surface area (Å²) in [5, 5.41) is 9.14. The van der Waals surface area contributed by atoms with Gasteiger partial charge in [0.15, 0.2) is 0 Å². The standard InChI is InChI=1S/C15H22N4/c1-4-15(2,3)19-10-8-18(9-11-19)14-13(12-16)6-5-7-17-14/h5-7H,4,8-11H2,1-3H3. The lowest BCUT2D eigenvalue weighted by atomic mass is 9.98. The summed E-state index contributed by atoms with van der Waals surface area (Å²) < 4.78 is 0. The van der Waals surface area contributed by atoms with Gasteiger partial charge in [-0.25, -0.2) is 4.98 Å². The maximum absolute atomic E-state index is 9.14. The summed E-state index contributed by atoms with van der Waals surface area (Å²) in [6.07, 6.45) is 2.92. The molecule has 1 fully saturated rings. The molecule has 4 heteroatoms. The van der Waals surface area contributed by atoms with E-state index in [0.29, 0.717) is 5.56 Å². The van der Waals surface area contributed by atoms with E-state index >= 15 is 0 Å². The van der Waals surface area contributed by atoms with Crippen molar-refractivity contribution in [3.8, 4) is 6.07 Å². The molecule has 2 heterocycles. The van der Waals surface area contributed by atoms with Gasteiger partial charge in [0.25, 0.3) is 0 Å². The molecule has 0 radical (unpaired) electrons. The first-order valence-corrected chi connectivity index (χ1v) is 6.93. The van der Waals surface area contributed by atoms with Gasteiger partial charge >= 0.3 is 0 Å². The van der Waals surface area contributed by atoms with Gasteiger partial charge in [0.2, 0.25) is 0 Å². The highest BCUT2D eigenvalue weighted by atomic mass is 15.3. The quantitative estimate of drug-likeness (QED) is 0.834. The normalized spacial score (nSPS) is 17.3. The minimum Gasteiger partial charge on any atom is -0.353 e. The number of nitriles is 1. The second-order valence-corrected chi connectivity index (χ2v) is 5.63. The van der Waals surface area contributed by atoms with Crippen LogP contribution in [0.4, 0.5) is 5.82 Å². The Morgan fingerprint density at radius 2 is 2.00 bits per heavy atom. The van der Waals surface area contributed by atoms with E-state index < -0.39 is 0 Å². The molecule has 1 aliphatic rings. The van der Waals surface area contributed by atoms with E-state index in [-0.39, 0.29) is 5.54 Å². The molecule has 19 heavy (non-hydrogen) atoms. The second kappa shape index (κ2) is 5.58. The minimum absolute atomic E-state index is 0.258. The summed E-state index contributed by atoms with van der Waals surface area (Å²) >= 11 is 0. The zero-order valence-electron chi connectivity index (χ0n) is 12.1. The molecule has 1 aliphatic heterocycles. The first kappa shape index (κ1) is 13.8.